The zero-order valence-corrected chi connectivity index (χ0v) is 20.2. The maximum Gasteiger partial charge on any atom is 0.247 e. The molecule has 0 aliphatic heterocycles. The van der Waals surface area contributed by atoms with Crippen LogP contribution in [0.1, 0.15) is 47.5 Å². The highest BCUT2D eigenvalue weighted by atomic mass is 16.5. The molecule has 1 aliphatic rings. The summed E-state index contributed by atoms with van der Waals surface area (Å²) in [6, 6.07) is 0.517. The van der Waals surface area contributed by atoms with E-state index in [1.54, 1.807) is 0 Å². The maximum atomic E-state index is 12.4. The van der Waals surface area contributed by atoms with Crippen LogP contribution in [0.15, 0.2) is 23.5 Å². The van der Waals surface area contributed by atoms with Crippen molar-refractivity contribution in [1.82, 2.24) is 10.6 Å². The van der Waals surface area contributed by atoms with Crippen LogP contribution in [-0.2, 0) is 23.7 Å². The van der Waals surface area contributed by atoms with E-state index in [2.05, 4.69) is 51.3 Å². The lowest BCUT2D eigenvalue weighted by molar-refractivity contribution is -0.118. The number of rotatable bonds is 18. The van der Waals surface area contributed by atoms with Gasteiger partial charge in [-0.25, -0.2) is 0 Å². The first-order valence-corrected chi connectivity index (χ1v) is 11.7. The number of hydrogen-bond donors (Lipinski definition) is 2. The first-order valence-electron chi connectivity index (χ1n) is 11.7. The summed E-state index contributed by atoms with van der Waals surface area (Å²) >= 11 is 0. The molecule has 0 radical (unpaired) electrons. The van der Waals surface area contributed by atoms with Crippen LogP contribution < -0.4 is 10.6 Å². The van der Waals surface area contributed by atoms with E-state index in [1.807, 2.05) is 6.08 Å². The van der Waals surface area contributed by atoms with E-state index in [9.17, 15) is 4.79 Å². The molecule has 7 heteroatoms. The minimum atomic E-state index is -0.0498. The van der Waals surface area contributed by atoms with Crippen LogP contribution in [0.3, 0.4) is 0 Å². The van der Waals surface area contributed by atoms with Gasteiger partial charge in [0.25, 0.3) is 0 Å². The number of amides is 1. The highest BCUT2D eigenvalue weighted by Gasteiger charge is 2.18. The third-order valence-corrected chi connectivity index (χ3v) is 4.48. The van der Waals surface area contributed by atoms with Crippen molar-refractivity contribution in [3.63, 3.8) is 0 Å². The lowest BCUT2D eigenvalue weighted by Crippen LogP contribution is -2.30. The van der Waals surface area contributed by atoms with Gasteiger partial charge in [-0.15, -0.1) is 0 Å². The van der Waals surface area contributed by atoms with Gasteiger partial charge in [-0.2, -0.15) is 0 Å². The Morgan fingerprint density at radius 1 is 1.00 bits per heavy atom. The Kier molecular flexibility index (Phi) is 15.3. The molecule has 0 spiro atoms. The van der Waals surface area contributed by atoms with Crippen molar-refractivity contribution in [1.29, 1.82) is 0 Å². The SMILES string of the molecule is CC(C)COC1=CC(C)CC(C(=O)NCCOCCOCCOCCCNC(C)C)=C1. The van der Waals surface area contributed by atoms with Crippen molar-refractivity contribution in [2.45, 2.75) is 53.5 Å². The molecule has 0 aromatic carbocycles. The average molecular weight is 441 g/mol. The van der Waals surface area contributed by atoms with Gasteiger partial charge in [0.1, 0.15) is 5.76 Å². The molecule has 0 saturated carbocycles. The Labute approximate surface area is 188 Å². The molecule has 1 atom stereocenters. The smallest absolute Gasteiger partial charge is 0.247 e. The minimum Gasteiger partial charge on any atom is -0.494 e. The third-order valence-electron chi connectivity index (χ3n) is 4.48. The molecular formula is C24H44N2O5. The fourth-order valence-electron chi connectivity index (χ4n) is 2.93. The largest absolute Gasteiger partial charge is 0.494 e. The summed E-state index contributed by atoms with van der Waals surface area (Å²) in [4.78, 5) is 12.4. The van der Waals surface area contributed by atoms with E-state index in [0.29, 0.717) is 64.1 Å². The molecule has 2 N–H and O–H groups in total. The number of carbonyl (C=O) groups is 1. The lowest BCUT2D eigenvalue weighted by Gasteiger charge is -2.19. The van der Waals surface area contributed by atoms with Crippen molar-refractivity contribution in [3.8, 4) is 0 Å². The fraction of sp³-hybridized carbons (Fsp3) is 0.792. The summed E-state index contributed by atoms with van der Waals surface area (Å²) in [5.74, 6) is 1.49. The van der Waals surface area contributed by atoms with E-state index in [0.717, 1.165) is 37.3 Å². The average Bonchev–Trinajstić information content (AvgIpc) is 2.71. The van der Waals surface area contributed by atoms with Gasteiger partial charge in [0.15, 0.2) is 0 Å². The topological polar surface area (TPSA) is 78.1 Å². The molecular weight excluding hydrogens is 396 g/mol. The first-order chi connectivity index (χ1) is 14.9. The van der Waals surface area contributed by atoms with Crippen LogP contribution in [0.4, 0.5) is 0 Å². The molecule has 0 aromatic rings. The summed E-state index contributed by atoms with van der Waals surface area (Å²) in [7, 11) is 0. The molecule has 31 heavy (non-hydrogen) atoms. The Balaban J connectivity index is 2.00. The van der Waals surface area contributed by atoms with Gasteiger partial charge in [-0.3, -0.25) is 4.79 Å². The van der Waals surface area contributed by atoms with E-state index in [1.165, 1.54) is 0 Å². The highest BCUT2D eigenvalue weighted by Crippen LogP contribution is 2.23. The second kappa shape index (κ2) is 17.2. The molecule has 1 aliphatic carbocycles. The molecule has 1 unspecified atom stereocenters. The molecule has 180 valence electrons. The predicted molar refractivity (Wildman–Crippen MR) is 124 cm³/mol. The van der Waals surface area contributed by atoms with Gasteiger partial charge < -0.3 is 29.6 Å². The fourth-order valence-corrected chi connectivity index (χ4v) is 2.93. The van der Waals surface area contributed by atoms with E-state index >= 15 is 0 Å². The van der Waals surface area contributed by atoms with Crippen molar-refractivity contribution in [2.24, 2.45) is 11.8 Å². The Hall–Kier alpha value is -1.41. The van der Waals surface area contributed by atoms with Crippen LogP contribution in [0, 0.1) is 11.8 Å². The minimum absolute atomic E-state index is 0.0498. The van der Waals surface area contributed by atoms with Gasteiger partial charge in [0.05, 0.1) is 39.6 Å². The summed E-state index contributed by atoms with van der Waals surface area (Å²) in [5, 5.41) is 6.27. The van der Waals surface area contributed by atoms with Crippen molar-refractivity contribution >= 4 is 5.91 Å². The second-order valence-electron chi connectivity index (χ2n) is 8.68. The van der Waals surface area contributed by atoms with Gasteiger partial charge in [0.2, 0.25) is 5.91 Å². The van der Waals surface area contributed by atoms with Gasteiger partial charge >= 0.3 is 0 Å². The number of ether oxygens (including phenoxy) is 4. The summed E-state index contributed by atoms with van der Waals surface area (Å²) < 4.78 is 22.3. The molecule has 0 bridgehead atoms. The van der Waals surface area contributed by atoms with E-state index < -0.39 is 0 Å². The zero-order chi connectivity index (χ0) is 22.9. The molecule has 1 rings (SSSR count). The molecule has 7 nitrogen and oxygen atoms in total. The number of carbonyl (C=O) groups excluding carboxylic acids is 1. The molecule has 0 saturated heterocycles. The monoisotopic (exact) mass is 440 g/mol. The highest BCUT2D eigenvalue weighted by molar-refractivity contribution is 5.94. The standard InChI is InChI=1S/C24H44N2O5/c1-19(2)18-31-23-16-21(5)15-22(17-23)24(27)26-8-10-29-12-14-30-13-11-28-9-6-7-25-20(3)4/h16-17,19-21,25H,6-15,18H2,1-5H3,(H,26,27). The summed E-state index contributed by atoms with van der Waals surface area (Å²) in [6.45, 7) is 16.1. The summed E-state index contributed by atoms with van der Waals surface area (Å²) in [5.41, 5.74) is 0.761. The zero-order valence-electron chi connectivity index (χ0n) is 20.2. The third kappa shape index (κ3) is 15.1. The molecule has 1 amide bonds. The number of allylic oxidation sites excluding steroid dienone is 2. The van der Waals surface area contributed by atoms with E-state index in [-0.39, 0.29) is 5.91 Å². The predicted octanol–water partition coefficient (Wildman–Crippen LogP) is 3.06. The van der Waals surface area contributed by atoms with Crippen molar-refractivity contribution < 1.29 is 23.7 Å². The normalized spacial score (nSPS) is 16.4. The lowest BCUT2D eigenvalue weighted by atomic mass is 9.94. The van der Waals surface area contributed by atoms with Crippen molar-refractivity contribution in [3.05, 3.63) is 23.5 Å². The quantitative estimate of drug-likeness (QED) is 0.319. The van der Waals surface area contributed by atoms with E-state index in [4.69, 9.17) is 18.9 Å². The van der Waals surface area contributed by atoms with Gasteiger partial charge in [-0.1, -0.05) is 34.6 Å². The van der Waals surface area contributed by atoms with Crippen LogP contribution in [-0.4, -0.2) is 71.3 Å². The molecule has 0 aromatic heterocycles. The Bertz CT molecular complexity index is 546. The van der Waals surface area contributed by atoms with Gasteiger partial charge in [0, 0.05) is 24.8 Å². The van der Waals surface area contributed by atoms with Gasteiger partial charge in [-0.05, 0) is 43.4 Å². The molecule has 0 fully saturated rings. The van der Waals surface area contributed by atoms with Crippen LogP contribution in [0.25, 0.3) is 0 Å². The first kappa shape index (κ1) is 27.6. The Morgan fingerprint density at radius 3 is 2.29 bits per heavy atom. The maximum absolute atomic E-state index is 12.4. The Morgan fingerprint density at radius 2 is 1.65 bits per heavy atom. The van der Waals surface area contributed by atoms with Crippen LogP contribution >= 0.6 is 0 Å². The number of hydrogen-bond acceptors (Lipinski definition) is 6. The molecule has 0 heterocycles. The van der Waals surface area contributed by atoms with Crippen LogP contribution in [0.5, 0.6) is 0 Å². The summed E-state index contributed by atoms with van der Waals surface area (Å²) in [6.07, 6.45) is 5.67. The number of nitrogens with one attached hydrogen (secondary N) is 2. The van der Waals surface area contributed by atoms with Crippen molar-refractivity contribution in [2.75, 3.05) is 59.3 Å². The second-order valence-corrected chi connectivity index (χ2v) is 8.68. The van der Waals surface area contributed by atoms with Crippen LogP contribution in [0.2, 0.25) is 0 Å².